The summed E-state index contributed by atoms with van der Waals surface area (Å²) < 4.78 is 0. The van der Waals surface area contributed by atoms with Gasteiger partial charge in [0.05, 0.1) is 10.0 Å². The second kappa shape index (κ2) is 9.09. The minimum atomic E-state index is -0.0829. The number of piperidine rings is 1. The van der Waals surface area contributed by atoms with Gasteiger partial charge in [-0.15, -0.1) is 0 Å². The maximum absolute atomic E-state index is 12.4. The summed E-state index contributed by atoms with van der Waals surface area (Å²) in [5.41, 5.74) is 0.710. The lowest BCUT2D eigenvalue weighted by atomic mass is 10.1. The second-order valence-electron chi connectivity index (χ2n) is 5.92. The van der Waals surface area contributed by atoms with Crippen LogP contribution in [0.4, 0.5) is 0 Å². The molecule has 1 fully saturated rings. The maximum Gasteiger partial charge on any atom is 0.246 e. The van der Waals surface area contributed by atoms with E-state index in [9.17, 15) is 9.59 Å². The van der Waals surface area contributed by atoms with Crippen LogP contribution in [0.5, 0.6) is 0 Å². The monoisotopic (exact) mass is 368 g/mol. The average molecular weight is 369 g/mol. The number of likely N-dealkylation sites (tertiary alicyclic amines) is 1. The standard InChI is InChI=1S/C18H22Cl2N2O2/c1-2-5-16(23)21-14-7-4-11-22(12-14)17(24)10-9-13-6-3-8-15(19)18(13)20/h3,6,8-10,14H,2,4-5,7,11-12H2,1H3,(H,21,23)/b10-9+. The van der Waals surface area contributed by atoms with E-state index < -0.39 is 0 Å². The van der Waals surface area contributed by atoms with Crippen LogP contribution in [0, 0.1) is 0 Å². The van der Waals surface area contributed by atoms with E-state index in [1.54, 1.807) is 23.1 Å². The van der Waals surface area contributed by atoms with Gasteiger partial charge in [0.2, 0.25) is 11.8 Å². The van der Waals surface area contributed by atoms with Gasteiger partial charge >= 0.3 is 0 Å². The number of nitrogens with one attached hydrogen (secondary N) is 1. The number of rotatable bonds is 5. The molecule has 1 aliphatic rings. The van der Waals surface area contributed by atoms with E-state index in [1.165, 1.54) is 6.08 Å². The highest BCUT2D eigenvalue weighted by Gasteiger charge is 2.23. The van der Waals surface area contributed by atoms with E-state index in [-0.39, 0.29) is 17.9 Å². The van der Waals surface area contributed by atoms with Gasteiger partial charge < -0.3 is 10.2 Å². The number of hydrogen-bond acceptors (Lipinski definition) is 2. The van der Waals surface area contributed by atoms with Gasteiger partial charge in [0, 0.05) is 31.6 Å². The van der Waals surface area contributed by atoms with Crippen molar-refractivity contribution in [1.29, 1.82) is 0 Å². The van der Waals surface area contributed by atoms with E-state index in [2.05, 4.69) is 5.32 Å². The predicted molar refractivity (Wildman–Crippen MR) is 98.1 cm³/mol. The molecule has 0 aliphatic carbocycles. The minimum Gasteiger partial charge on any atom is -0.352 e. The van der Waals surface area contributed by atoms with Crippen molar-refractivity contribution in [2.24, 2.45) is 0 Å². The van der Waals surface area contributed by atoms with Crippen LogP contribution >= 0.6 is 23.2 Å². The Morgan fingerprint density at radius 1 is 1.38 bits per heavy atom. The second-order valence-corrected chi connectivity index (χ2v) is 6.70. The molecular formula is C18H22Cl2N2O2. The highest BCUT2D eigenvalue weighted by molar-refractivity contribution is 6.42. The molecule has 0 bridgehead atoms. The van der Waals surface area contributed by atoms with Gasteiger partial charge in [0.1, 0.15) is 0 Å². The lowest BCUT2D eigenvalue weighted by molar-refractivity contribution is -0.129. The van der Waals surface area contributed by atoms with E-state index in [0.717, 1.165) is 19.3 Å². The van der Waals surface area contributed by atoms with Gasteiger partial charge in [0.15, 0.2) is 0 Å². The molecule has 1 N–H and O–H groups in total. The van der Waals surface area contributed by atoms with Gasteiger partial charge in [-0.3, -0.25) is 9.59 Å². The molecule has 4 nitrogen and oxygen atoms in total. The third-order valence-electron chi connectivity index (χ3n) is 3.96. The molecule has 2 amide bonds. The molecule has 1 aliphatic heterocycles. The Morgan fingerprint density at radius 3 is 2.92 bits per heavy atom. The number of benzene rings is 1. The summed E-state index contributed by atoms with van der Waals surface area (Å²) >= 11 is 12.1. The van der Waals surface area contributed by atoms with Gasteiger partial charge in [-0.05, 0) is 37.0 Å². The van der Waals surface area contributed by atoms with Gasteiger partial charge in [-0.2, -0.15) is 0 Å². The first kappa shape index (κ1) is 18.8. The van der Waals surface area contributed by atoms with Gasteiger partial charge in [0.25, 0.3) is 0 Å². The number of carbonyl (C=O) groups excluding carboxylic acids is 2. The van der Waals surface area contributed by atoms with Crippen LogP contribution in [-0.4, -0.2) is 35.8 Å². The lowest BCUT2D eigenvalue weighted by Crippen LogP contribution is -2.49. The Morgan fingerprint density at radius 2 is 2.17 bits per heavy atom. The Hall–Kier alpha value is -1.52. The minimum absolute atomic E-state index is 0.0323. The van der Waals surface area contributed by atoms with Crippen molar-refractivity contribution < 1.29 is 9.59 Å². The highest BCUT2D eigenvalue weighted by Crippen LogP contribution is 2.26. The van der Waals surface area contributed by atoms with Crippen molar-refractivity contribution in [2.75, 3.05) is 13.1 Å². The molecule has 0 aromatic heterocycles. The number of halogens is 2. The molecule has 130 valence electrons. The third kappa shape index (κ3) is 5.25. The van der Waals surface area contributed by atoms with Crippen molar-refractivity contribution in [1.82, 2.24) is 10.2 Å². The summed E-state index contributed by atoms with van der Waals surface area (Å²) in [5, 5.41) is 3.90. The number of hydrogen-bond donors (Lipinski definition) is 1. The van der Waals surface area contributed by atoms with Gasteiger partial charge in [-0.1, -0.05) is 42.3 Å². The van der Waals surface area contributed by atoms with Crippen LogP contribution in [0.25, 0.3) is 6.08 Å². The normalized spacial score (nSPS) is 18.0. The first-order valence-electron chi connectivity index (χ1n) is 8.21. The van der Waals surface area contributed by atoms with Gasteiger partial charge in [-0.25, -0.2) is 0 Å². The SMILES string of the molecule is CCCC(=O)NC1CCCN(C(=O)/C=C/c2cccc(Cl)c2Cl)C1. The largest absolute Gasteiger partial charge is 0.352 e. The van der Waals surface area contributed by atoms with Crippen molar-refractivity contribution in [3.05, 3.63) is 39.9 Å². The zero-order chi connectivity index (χ0) is 17.5. The van der Waals surface area contributed by atoms with E-state index >= 15 is 0 Å². The topological polar surface area (TPSA) is 49.4 Å². The number of carbonyl (C=O) groups is 2. The van der Waals surface area contributed by atoms with Crippen molar-refractivity contribution in [3.8, 4) is 0 Å². The summed E-state index contributed by atoms with van der Waals surface area (Å²) in [6.07, 6.45) is 6.32. The van der Waals surface area contributed by atoms with Crippen LogP contribution in [0.2, 0.25) is 10.0 Å². The van der Waals surface area contributed by atoms with E-state index in [1.807, 2.05) is 13.0 Å². The molecule has 0 radical (unpaired) electrons. The molecule has 1 saturated heterocycles. The molecule has 6 heteroatoms. The molecule has 0 saturated carbocycles. The summed E-state index contributed by atoms with van der Waals surface area (Å²) in [6, 6.07) is 5.34. The zero-order valence-corrected chi connectivity index (χ0v) is 15.2. The Bertz CT molecular complexity index is 631. The first-order valence-corrected chi connectivity index (χ1v) is 8.97. The number of amides is 2. The summed E-state index contributed by atoms with van der Waals surface area (Å²) in [6.45, 7) is 3.22. The Kier molecular flexibility index (Phi) is 7.13. The smallest absolute Gasteiger partial charge is 0.246 e. The molecule has 1 atom stereocenters. The molecule has 24 heavy (non-hydrogen) atoms. The molecule has 2 rings (SSSR count). The Labute approximate surface area is 152 Å². The van der Waals surface area contributed by atoms with Crippen LogP contribution in [0.3, 0.4) is 0 Å². The van der Waals surface area contributed by atoms with E-state index in [4.69, 9.17) is 23.2 Å². The van der Waals surface area contributed by atoms with Crippen molar-refractivity contribution >= 4 is 41.1 Å². The maximum atomic E-state index is 12.4. The van der Waals surface area contributed by atoms with Crippen molar-refractivity contribution in [3.63, 3.8) is 0 Å². The highest BCUT2D eigenvalue weighted by atomic mass is 35.5. The lowest BCUT2D eigenvalue weighted by Gasteiger charge is -2.32. The van der Waals surface area contributed by atoms with Crippen LogP contribution in [0.15, 0.2) is 24.3 Å². The molecule has 1 aromatic rings. The summed E-state index contributed by atoms with van der Waals surface area (Å²) in [7, 11) is 0. The summed E-state index contributed by atoms with van der Waals surface area (Å²) in [5.74, 6) is -0.0291. The van der Waals surface area contributed by atoms with E-state index in [0.29, 0.717) is 35.1 Å². The average Bonchev–Trinajstić information content (AvgIpc) is 2.56. The van der Waals surface area contributed by atoms with Crippen LogP contribution in [-0.2, 0) is 9.59 Å². The predicted octanol–water partition coefficient (Wildman–Crippen LogP) is 3.91. The zero-order valence-electron chi connectivity index (χ0n) is 13.7. The van der Waals surface area contributed by atoms with Crippen molar-refractivity contribution in [2.45, 2.75) is 38.6 Å². The fourth-order valence-electron chi connectivity index (χ4n) is 2.74. The Balaban J connectivity index is 1.95. The summed E-state index contributed by atoms with van der Waals surface area (Å²) in [4.78, 5) is 25.8. The molecule has 1 unspecified atom stereocenters. The molecule has 1 aromatic carbocycles. The van der Waals surface area contributed by atoms with Crippen LogP contribution < -0.4 is 5.32 Å². The molecular weight excluding hydrogens is 347 g/mol. The third-order valence-corrected chi connectivity index (χ3v) is 4.80. The van der Waals surface area contributed by atoms with Crippen LogP contribution in [0.1, 0.15) is 38.2 Å². The fraction of sp³-hybridized carbons (Fsp3) is 0.444. The quantitative estimate of drug-likeness (QED) is 0.800. The number of nitrogens with zero attached hydrogens (tertiary/aromatic N) is 1. The fourth-order valence-corrected chi connectivity index (χ4v) is 3.11. The first-order chi connectivity index (χ1) is 11.5. The molecule has 0 spiro atoms. The molecule has 1 heterocycles.